The van der Waals surface area contributed by atoms with Crippen molar-refractivity contribution in [3.63, 3.8) is 0 Å². The van der Waals surface area contributed by atoms with Crippen molar-refractivity contribution < 1.29 is 19.4 Å². The highest BCUT2D eigenvalue weighted by atomic mass is 16.6. The summed E-state index contributed by atoms with van der Waals surface area (Å²) >= 11 is 0. The zero-order chi connectivity index (χ0) is 12.4. The van der Waals surface area contributed by atoms with E-state index in [0.29, 0.717) is 30.3 Å². The number of aliphatic carboxylic acids is 1. The third-order valence-corrected chi connectivity index (χ3v) is 2.71. The van der Waals surface area contributed by atoms with Crippen LogP contribution in [0, 0.1) is 6.92 Å². The molecule has 0 amide bonds. The van der Waals surface area contributed by atoms with Gasteiger partial charge >= 0.3 is 5.97 Å². The molecule has 1 heterocycles. The van der Waals surface area contributed by atoms with Gasteiger partial charge in [-0.2, -0.15) is 0 Å². The van der Waals surface area contributed by atoms with Crippen LogP contribution in [0.2, 0.25) is 0 Å². The molecule has 0 bridgehead atoms. The van der Waals surface area contributed by atoms with Gasteiger partial charge in [0.2, 0.25) is 0 Å². The SMILES string of the molecule is Cc1ccc(C(N)CC(=O)O)c2c1OCCO2. The molecule has 1 aromatic carbocycles. The maximum absolute atomic E-state index is 10.7. The van der Waals surface area contributed by atoms with Crippen molar-refractivity contribution in [1.29, 1.82) is 0 Å². The van der Waals surface area contributed by atoms with Crippen molar-refractivity contribution >= 4 is 5.97 Å². The molecule has 0 saturated heterocycles. The van der Waals surface area contributed by atoms with Crippen LogP contribution in [0.15, 0.2) is 12.1 Å². The topological polar surface area (TPSA) is 81.8 Å². The number of nitrogens with two attached hydrogens (primary N) is 1. The van der Waals surface area contributed by atoms with Gasteiger partial charge in [0.1, 0.15) is 13.2 Å². The summed E-state index contributed by atoms with van der Waals surface area (Å²) in [6.07, 6.45) is -0.126. The molecular weight excluding hydrogens is 222 g/mol. The van der Waals surface area contributed by atoms with Crippen LogP contribution in [0.25, 0.3) is 0 Å². The molecule has 5 heteroatoms. The zero-order valence-corrected chi connectivity index (χ0v) is 9.60. The Morgan fingerprint density at radius 1 is 1.41 bits per heavy atom. The van der Waals surface area contributed by atoms with Crippen LogP contribution in [-0.4, -0.2) is 24.3 Å². The van der Waals surface area contributed by atoms with Gasteiger partial charge in [-0.05, 0) is 12.5 Å². The van der Waals surface area contributed by atoms with E-state index in [9.17, 15) is 4.79 Å². The van der Waals surface area contributed by atoms with Crippen LogP contribution in [-0.2, 0) is 4.79 Å². The average molecular weight is 237 g/mol. The van der Waals surface area contributed by atoms with E-state index in [-0.39, 0.29) is 6.42 Å². The lowest BCUT2D eigenvalue weighted by atomic mass is 10.0. The summed E-state index contributed by atoms with van der Waals surface area (Å²) in [6.45, 7) is 2.88. The Labute approximate surface area is 99.1 Å². The molecule has 0 radical (unpaired) electrons. The summed E-state index contributed by atoms with van der Waals surface area (Å²) in [7, 11) is 0. The fraction of sp³-hybridized carbons (Fsp3) is 0.417. The number of carbonyl (C=O) groups is 1. The van der Waals surface area contributed by atoms with Gasteiger partial charge in [0.15, 0.2) is 11.5 Å². The number of ether oxygens (including phenoxy) is 2. The normalized spacial score (nSPS) is 15.4. The summed E-state index contributed by atoms with van der Waals surface area (Å²) in [4.78, 5) is 10.7. The van der Waals surface area contributed by atoms with Crippen LogP contribution in [0.4, 0.5) is 0 Å². The molecule has 3 N–H and O–H groups in total. The van der Waals surface area contributed by atoms with E-state index in [1.54, 1.807) is 6.07 Å². The highest BCUT2D eigenvalue weighted by Gasteiger charge is 2.22. The molecule has 1 aliphatic heterocycles. The van der Waals surface area contributed by atoms with E-state index in [1.807, 2.05) is 13.0 Å². The second-order valence-corrected chi connectivity index (χ2v) is 4.03. The third-order valence-electron chi connectivity index (χ3n) is 2.71. The predicted octanol–water partition coefficient (Wildman–Crippen LogP) is 1.24. The van der Waals surface area contributed by atoms with E-state index >= 15 is 0 Å². The molecule has 5 nitrogen and oxygen atoms in total. The molecule has 0 saturated carbocycles. The Morgan fingerprint density at radius 3 is 2.71 bits per heavy atom. The first kappa shape index (κ1) is 11.7. The fourth-order valence-corrected chi connectivity index (χ4v) is 1.88. The lowest BCUT2D eigenvalue weighted by molar-refractivity contribution is -0.137. The van der Waals surface area contributed by atoms with Crippen LogP contribution >= 0.6 is 0 Å². The minimum atomic E-state index is -0.927. The summed E-state index contributed by atoms with van der Waals surface area (Å²) in [5, 5.41) is 8.75. The molecule has 1 atom stereocenters. The van der Waals surface area contributed by atoms with Gasteiger partial charge in [-0.3, -0.25) is 4.79 Å². The van der Waals surface area contributed by atoms with E-state index in [2.05, 4.69) is 0 Å². The largest absolute Gasteiger partial charge is 0.486 e. The van der Waals surface area contributed by atoms with Gasteiger partial charge in [0.05, 0.1) is 6.42 Å². The number of hydrogen-bond acceptors (Lipinski definition) is 4. The molecule has 92 valence electrons. The minimum absolute atomic E-state index is 0.126. The number of benzene rings is 1. The summed E-state index contributed by atoms with van der Waals surface area (Å²) in [5.74, 6) is 0.336. The molecule has 2 rings (SSSR count). The lowest BCUT2D eigenvalue weighted by Crippen LogP contribution is -2.21. The van der Waals surface area contributed by atoms with Gasteiger partial charge in [-0.1, -0.05) is 12.1 Å². The van der Waals surface area contributed by atoms with Gasteiger partial charge in [-0.15, -0.1) is 0 Å². The van der Waals surface area contributed by atoms with Crippen LogP contribution < -0.4 is 15.2 Å². The zero-order valence-electron chi connectivity index (χ0n) is 9.60. The number of hydrogen-bond donors (Lipinski definition) is 2. The fourth-order valence-electron chi connectivity index (χ4n) is 1.88. The van der Waals surface area contributed by atoms with E-state index < -0.39 is 12.0 Å². The van der Waals surface area contributed by atoms with Gasteiger partial charge in [-0.25, -0.2) is 0 Å². The highest BCUT2D eigenvalue weighted by molar-refractivity contribution is 5.68. The smallest absolute Gasteiger partial charge is 0.305 e. The Morgan fingerprint density at radius 2 is 2.06 bits per heavy atom. The van der Waals surface area contributed by atoms with Crippen LogP contribution in [0.5, 0.6) is 11.5 Å². The van der Waals surface area contributed by atoms with Gasteiger partial charge in [0.25, 0.3) is 0 Å². The molecule has 17 heavy (non-hydrogen) atoms. The minimum Gasteiger partial charge on any atom is -0.486 e. The Bertz CT molecular complexity index is 444. The molecular formula is C12H15NO4. The summed E-state index contributed by atoms with van der Waals surface area (Å²) < 4.78 is 11.1. The van der Waals surface area contributed by atoms with Crippen molar-refractivity contribution in [1.82, 2.24) is 0 Å². The number of carboxylic acids is 1. The van der Waals surface area contributed by atoms with E-state index in [4.69, 9.17) is 20.3 Å². The van der Waals surface area contributed by atoms with E-state index in [0.717, 1.165) is 5.56 Å². The maximum Gasteiger partial charge on any atom is 0.305 e. The number of carboxylic acid groups (broad SMARTS) is 1. The second-order valence-electron chi connectivity index (χ2n) is 4.03. The summed E-state index contributed by atoms with van der Waals surface area (Å²) in [6, 6.07) is 3.09. The molecule has 1 unspecified atom stereocenters. The monoisotopic (exact) mass is 237 g/mol. The third kappa shape index (κ3) is 2.34. The van der Waals surface area contributed by atoms with Crippen molar-refractivity contribution in [3.8, 4) is 11.5 Å². The first-order valence-electron chi connectivity index (χ1n) is 5.46. The predicted molar refractivity (Wildman–Crippen MR) is 61.4 cm³/mol. The Hall–Kier alpha value is -1.75. The Balaban J connectivity index is 2.37. The number of rotatable bonds is 3. The number of fused-ring (bicyclic) bond motifs is 1. The second kappa shape index (κ2) is 4.63. The van der Waals surface area contributed by atoms with Crippen LogP contribution in [0.1, 0.15) is 23.6 Å². The molecule has 0 fully saturated rings. The quantitative estimate of drug-likeness (QED) is 0.826. The average Bonchev–Trinajstić information content (AvgIpc) is 2.29. The molecule has 1 aromatic rings. The molecule has 0 spiro atoms. The molecule has 1 aliphatic rings. The van der Waals surface area contributed by atoms with E-state index in [1.165, 1.54) is 0 Å². The molecule has 0 aliphatic carbocycles. The Kier molecular flexibility index (Phi) is 3.19. The maximum atomic E-state index is 10.7. The summed E-state index contributed by atoms with van der Waals surface area (Å²) in [5.41, 5.74) is 7.51. The number of aryl methyl sites for hydroxylation is 1. The lowest BCUT2D eigenvalue weighted by Gasteiger charge is -2.24. The van der Waals surface area contributed by atoms with Crippen molar-refractivity contribution in [2.45, 2.75) is 19.4 Å². The first-order chi connectivity index (χ1) is 8.09. The van der Waals surface area contributed by atoms with Crippen molar-refractivity contribution in [3.05, 3.63) is 23.3 Å². The van der Waals surface area contributed by atoms with Gasteiger partial charge in [0, 0.05) is 11.6 Å². The van der Waals surface area contributed by atoms with Crippen LogP contribution in [0.3, 0.4) is 0 Å². The highest BCUT2D eigenvalue weighted by Crippen LogP contribution is 2.39. The first-order valence-corrected chi connectivity index (χ1v) is 5.46. The van der Waals surface area contributed by atoms with Gasteiger partial charge < -0.3 is 20.3 Å². The van der Waals surface area contributed by atoms with Crippen molar-refractivity contribution in [2.24, 2.45) is 5.73 Å². The van der Waals surface area contributed by atoms with Crippen molar-refractivity contribution in [2.75, 3.05) is 13.2 Å². The molecule has 0 aromatic heterocycles. The standard InChI is InChI=1S/C12H15NO4/c1-7-2-3-8(9(13)6-10(14)15)12-11(7)16-4-5-17-12/h2-3,9H,4-6,13H2,1H3,(H,14,15).